The minimum absolute atomic E-state index is 0.104. The fourth-order valence-corrected chi connectivity index (χ4v) is 2.06. The van der Waals surface area contributed by atoms with Gasteiger partial charge in [0.25, 0.3) is 0 Å². The fourth-order valence-electron chi connectivity index (χ4n) is 2.06. The Morgan fingerprint density at radius 3 is 2.68 bits per heavy atom. The van der Waals surface area contributed by atoms with E-state index in [1.54, 1.807) is 6.07 Å². The van der Waals surface area contributed by atoms with Gasteiger partial charge in [-0.15, -0.1) is 0 Å². The largest absolute Gasteiger partial charge is 0.377 e. The zero-order chi connectivity index (χ0) is 13.7. The minimum atomic E-state index is -0.299. The maximum atomic E-state index is 12.9. The summed E-state index contributed by atoms with van der Waals surface area (Å²) in [4.78, 5) is 4.15. The molecule has 2 nitrogen and oxygen atoms in total. The third-order valence-electron chi connectivity index (χ3n) is 3.19. The van der Waals surface area contributed by atoms with E-state index in [0.29, 0.717) is 0 Å². The average Bonchev–Trinajstić information content (AvgIpc) is 2.46. The minimum Gasteiger partial charge on any atom is -0.377 e. The summed E-state index contributed by atoms with van der Waals surface area (Å²) in [6, 6.07) is 11.6. The van der Waals surface area contributed by atoms with Crippen molar-refractivity contribution in [3.8, 4) is 0 Å². The first-order chi connectivity index (χ1) is 9.22. The number of aryl methyl sites for hydroxylation is 1. The molecule has 0 aliphatic rings. The molecule has 0 saturated heterocycles. The van der Waals surface area contributed by atoms with E-state index in [2.05, 4.69) is 36.3 Å². The van der Waals surface area contributed by atoms with Crippen molar-refractivity contribution in [2.24, 2.45) is 0 Å². The van der Waals surface area contributed by atoms with E-state index in [1.807, 2.05) is 12.1 Å². The predicted molar refractivity (Wildman–Crippen MR) is 76.7 cm³/mol. The molecular weight excluding hydrogens is 239 g/mol. The Balaban J connectivity index is 2.16. The Kier molecular flexibility index (Phi) is 4.50. The number of hydrogen-bond donors (Lipinski definition) is 1. The summed E-state index contributed by atoms with van der Waals surface area (Å²) in [6.45, 7) is 4.23. The van der Waals surface area contributed by atoms with E-state index in [9.17, 15) is 4.39 Å². The molecule has 0 spiro atoms. The van der Waals surface area contributed by atoms with Crippen molar-refractivity contribution >= 4 is 5.69 Å². The van der Waals surface area contributed by atoms with Gasteiger partial charge in [-0.05, 0) is 42.7 Å². The lowest BCUT2D eigenvalue weighted by molar-refractivity contribution is 0.614. The van der Waals surface area contributed by atoms with Gasteiger partial charge in [-0.3, -0.25) is 4.98 Å². The van der Waals surface area contributed by atoms with E-state index in [1.165, 1.54) is 17.8 Å². The lowest BCUT2D eigenvalue weighted by atomic mass is 10.1. The topological polar surface area (TPSA) is 24.9 Å². The van der Waals surface area contributed by atoms with E-state index in [0.717, 1.165) is 24.2 Å². The van der Waals surface area contributed by atoms with Crippen molar-refractivity contribution in [3.63, 3.8) is 0 Å². The van der Waals surface area contributed by atoms with Crippen LogP contribution in [0.2, 0.25) is 0 Å². The molecule has 0 saturated carbocycles. The molecule has 1 aromatic heterocycles. The van der Waals surface area contributed by atoms with Gasteiger partial charge >= 0.3 is 0 Å². The van der Waals surface area contributed by atoms with Crippen LogP contribution in [0.5, 0.6) is 0 Å². The summed E-state index contributed by atoms with van der Waals surface area (Å²) >= 11 is 0. The smallest absolute Gasteiger partial charge is 0.141 e. The van der Waals surface area contributed by atoms with Crippen LogP contribution >= 0.6 is 0 Å². The van der Waals surface area contributed by atoms with Crippen LogP contribution in [-0.2, 0) is 6.42 Å². The highest BCUT2D eigenvalue weighted by atomic mass is 19.1. The normalized spacial score (nSPS) is 12.2. The molecule has 100 valence electrons. The molecule has 1 aromatic carbocycles. The molecule has 0 radical (unpaired) electrons. The van der Waals surface area contributed by atoms with Gasteiger partial charge in [0.2, 0.25) is 0 Å². The molecule has 0 fully saturated rings. The van der Waals surface area contributed by atoms with E-state index in [-0.39, 0.29) is 11.9 Å². The van der Waals surface area contributed by atoms with Gasteiger partial charge in [-0.2, -0.15) is 0 Å². The van der Waals surface area contributed by atoms with Gasteiger partial charge in [0.15, 0.2) is 0 Å². The van der Waals surface area contributed by atoms with Gasteiger partial charge in [-0.25, -0.2) is 4.39 Å². The second-order valence-corrected chi connectivity index (χ2v) is 4.56. The van der Waals surface area contributed by atoms with Crippen molar-refractivity contribution in [2.75, 3.05) is 5.32 Å². The Hall–Kier alpha value is -1.90. The third kappa shape index (κ3) is 3.53. The molecule has 1 unspecified atom stereocenters. The van der Waals surface area contributed by atoms with E-state index in [4.69, 9.17) is 0 Å². The molecular formula is C16H19FN2. The number of pyridine rings is 1. The Labute approximate surface area is 113 Å². The maximum Gasteiger partial charge on any atom is 0.141 e. The highest BCUT2D eigenvalue weighted by Crippen LogP contribution is 2.22. The standard InChI is InChI=1S/C16H19FN2/c1-3-12-6-5-7-14(10-12)19-15(4-2)16-9-8-13(17)11-18-16/h5-11,15,19H,3-4H2,1-2H3. The first-order valence-corrected chi connectivity index (χ1v) is 6.69. The lowest BCUT2D eigenvalue weighted by Crippen LogP contribution is -2.11. The van der Waals surface area contributed by atoms with Gasteiger partial charge in [0.1, 0.15) is 5.82 Å². The highest BCUT2D eigenvalue weighted by molar-refractivity contribution is 5.47. The number of benzene rings is 1. The molecule has 2 aromatic rings. The van der Waals surface area contributed by atoms with Crippen LogP contribution in [-0.4, -0.2) is 4.98 Å². The summed E-state index contributed by atoms with van der Waals surface area (Å²) in [6.07, 6.45) is 3.18. The first-order valence-electron chi connectivity index (χ1n) is 6.69. The number of hydrogen-bond acceptors (Lipinski definition) is 2. The van der Waals surface area contributed by atoms with Crippen molar-refractivity contribution in [1.29, 1.82) is 0 Å². The van der Waals surface area contributed by atoms with E-state index >= 15 is 0 Å². The number of anilines is 1. The monoisotopic (exact) mass is 258 g/mol. The Bertz CT molecular complexity index is 523. The van der Waals surface area contributed by atoms with Crippen LogP contribution in [0.4, 0.5) is 10.1 Å². The molecule has 2 rings (SSSR count). The highest BCUT2D eigenvalue weighted by Gasteiger charge is 2.10. The SMILES string of the molecule is CCc1cccc(NC(CC)c2ccc(F)cn2)c1. The summed E-state index contributed by atoms with van der Waals surface area (Å²) in [7, 11) is 0. The fraction of sp³-hybridized carbons (Fsp3) is 0.312. The number of halogens is 1. The van der Waals surface area contributed by atoms with Crippen molar-refractivity contribution < 1.29 is 4.39 Å². The van der Waals surface area contributed by atoms with Gasteiger partial charge in [-0.1, -0.05) is 26.0 Å². The van der Waals surface area contributed by atoms with Gasteiger partial charge in [0, 0.05) is 5.69 Å². The molecule has 0 amide bonds. The average molecular weight is 258 g/mol. The maximum absolute atomic E-state index is 12.9. The third-order valence-corrected chi connectivity index (χ3v) is 3.19. The second kappa shape index (κ2) is 6.32. The molecule has 19 heavy (non-hydrogen) atoms. The Morgan fingerprint density at radius 1 is 1.21 bits per heavy atom. The predicted octanol–water partition coefficient (Wildman–Crippen LogP) is 4.35. The Morgan fingerprint density at radius 2 is 2.05 bits per heavy atom. The molecule has 0 bridgehead atoms. The lowest BCUT2D eigenvalue weighted by Gasteiger charge is -2.18. The summed E-state index contributed by atoms with van der Waals surface area (Å²) < 4.78 is 12.9. The zero-order valence-electron chi connectivity index (χ0n) is 11.4. The van der Waals surface area contributed by atoms with Crippen LogP contribution in [0.3, 0.4) is 0 Å². The van der Waals surface area contributed by atoms with Gasteiger partial charge in [0.05, 0.1) is 17.9 Å². The number of aromatic nitrogens is 1. The van der Waals surface area contributed by atoms with Crippen molar-refractivity contribution in [2.45, 2.75) is 32.7 Å². The molecule has 0 aliphatic heterocycles. The second-order valence-electron chi connectivity index (χ2n) is 4.56. The van der Waals surface area contributed by atoms with Crippen LogP contribution in [0.1, 0.15) is 37.6 Å². The summed E-state index contributed by atoms with van der Waals surface area (Å²) in [5, 5.41) is 3.45. The van der Waals surface area contributed by atoms with Crippen LogP contribution in [0.15, 0.2) is 42.6 Å². The number of rotatable bonds is 5. The van der Waals surface area contributed by atoms with Gasteiger partial charge < -0.3 is 5.32 Å². The van der Waals surface area contributed by atoms with Crippen molar-refractivity contribution in [1.82, 2.24) is 4.98 Å². The first kappa shape index (κ1) is 13.5. The molecule has 1 heterocycles. The van der Waals surface area contributed by atoms with Crippen LogP contribution in [0, 0.1) is 5.82 Å². The number of nitrogens with zero attached hydrogens (tertiary/aromatic N) is 1. The quantitative estimate of drug-likeness (QED) is 0.862. The van der Waals surface area contributed by atoms with Crippen LogP contribution < -0.4 is 5.32 Å². The summed E-state index contributed by atoms with van der Waals surface area (Å²) in [5.41, 5.74) is 3.25. The van der Waals surface area contributed by atoms with Crippen molar-refractivity contribution in [3.05, 3.63) is 59.7 Å². The van der Waals surface area contributed by atoms with E-state index < -0.39 is 0 Å². The molecule has 1 atom stereocenters. The molecule has 1 N–H and O–H groups in total. The zero-order valence-corrected chi connectivity index (χ0v) is 11.4. The molecule has 3 heteroatoms. The summed E-state index contributed by atoms with van der Waals surface area (Å²) in [5.74, 6) is -0.299. The number of nitrogens with one attached hydrogen (secondary N) is 1. The van der Waals surface area contributed by atoms with Crippen LogP contribution in [0.25, 0.3) is 0 Å². The molecule has 0 aliphatic carbocycles.